The molecule has 5 nitrogen and oxygen atoms in total. The van der Waals surface area contributed by atoms with E-state index in [-0.39, 0.29) is 24.7 Å². The standard InChI is InChI=1S/C21H42O5/c1-5-6-7-8-13-19(25-3)17-20(26-4)15-11-14-18(24-2)12-9-10-16-21(22)23/h18-20H,5-17H2,1-4H3,(H,22,23). The summed E-state index contributed by atoms with van der Waals surface area (Å²) in [5.41, 5.74) is 0. The van der Waals surface area contributed by atoms with Crippen LogP contribution in [0.3, 0.4) is 0 Å². The van der Waals surface area contributed by atoms with Gasteiger partial charge in [-0.2, -0.15) is 0 Å². The zero-order valence-electron chi connectivity index (χ0n) is 17.5. The van der Waals surface area contributed by atoms with Gasteiger partial charge in [0, 0.05) is 27.8 Å². The van der Waals surface area contributed by atoms with Crippen LogP contribution in [0.5, 0.6) is 0 Å². The van der Waals surface area contributed by atoms with Gasteiger partial charge in [-0.15, -0.1) is 0 Å². The molecular formula is C21H42O5. The molecule has 5 heteroatoms. The van der Waals surface area contributed by atoms with Gasteiger partial charge in [0.25, 0.3) is 0 Å². The van der Waals surface area contributed by atoms with Gasteiger partial charge in [0.1, 0.15) is 0 Å². The van der Waals surface area contributed by atoms with E-state index >= 15 is 0 Å². The second kappa shape index (κ2) is 17.7. The van der Waals surface area contributed by atoms with Crippen molar-refractivity contribution in [3.05, 3.63) is 0 Å². The number of ether oxygens (including phenoxy) is 3. The van der Waals surface area contributed by atoms with E-state index in [9.17, 15) is 4.79 Å². The number of unbranched alkanes of at least 4 members (excludes halogenated alkanes) is 4. The Morgan fingerprint density at radius 2 is 1.23 bits per heavy atom. The molecule has 26 heavy (non-hydrogen) atoms. The van der Waals surface area contributed by atoms with Crippen LogP contribution in [0.2, 0.25) is 0 Å². The minimum Gasteiger partial charge on any atom is -0.481 e. The lowest BCUT2D eigenvalue weighted by Crippen LogP contribution is -2.22. The van der Waals surface area contributed by atoms with Crippen molar-refractivity contribution in [3.63, 3.8) is 0 Å². The lowest BCUT2D eigenvalue weighted by molar-refractivity contribution is -0.137. The van der Waals surface area contributed by atoms with Crippen molar-refractivity contribution in [3.8, 4) is 0 Å². The van der Waals surface area contributed by atoms with E-state index in [1.54, 1.807) is 21.3 Å². The largest absolute Gasteiger partial charge is 0.481 e. The molecule has 0 aromatic heterocycles. The van der Waals surface area contributed by atoms with E-state index < -0.39 is 5.97 Å². The predicted molar refractivity (Wildman–Crippen MR) is 106 cm³/mol. The lowest BCUT2D eigenvalue weighted by Gasteiger charge is -2.23. The second-order valence-corrected chi connectivity index (χ2v) is 7.23. The van der Waals surface area contributed by atoms with Crippen molar-refractivity contribution in [2.24, 2.45) is 0 Å². The van der Waals surface area contributed by atoms with Gasteiger partial charge in [-0.05, 0) is 44.9 Å². The fourth-order valence-corrected chi connectivity index (χ4v) is 3.36. The monoisotopic (exact) mass is 374 g/mol. The summed E-state index contributed by atoms with van der Waals surface area (Å²) in [6, 6.07) is 0. The summed E-state index contributed by atoms with van der Waals surface area (Å²) in [5.74, 6) is -0.718. The van der Waals surface area contributed by atoms with Crippen molar-refractivity contribution in [2.45, 2.75) is 109 Å². The van der Waals surface area contributed by atoms with E-state index in [0.717, 1.165) is 51.4 Å². The molecule has 156 valence electrons. The number of methoxy groups -OCH3 is 3. The fourth-order valence-electron chi connectivity index (χ4n) is 3.36. The van der Waals surface area contributed by atoms with Crippen LogP contribution in [0.4, 0.5) is 0 Å². The molecule has 0 rings (SSSR count). The van der Waals surface area contributed by atoms with E-state index in [4.69, 9.17) is 19.3 Å². The Bertz CT molecular complexity index is 322. The highest BCUT2D eigenvalue weighted by molar-refractivity contribution is 5.66. The molecular weight excluding hydrogens is 332 g/mol. The average Bonchev–Trinajstić information content (AvgIpc) is 2.64. The molecule has 0 amide bonds. The Hall–Kier alpha value is -0.650. The summed E-state index contributed by atoms with van der Waals surface area (Å²) >= 11 is 0. The van der Waals surface area contributed by atoms with Gasteiger partial charge < -0.3 is 19.3 Å². The normalized spacial score (nSPS) is 14.9. The van der Waals surface area contributed by atoms with Gasteiger partial charge in [0.2, 0.25) is 0 Å². The molecule has 0 fully saturated rings. The molecule has 0 bridgehead atoms. The van der Waals surface area contributed by atoms with Crippen LogP contribution in [0.1, 0.15) is 90.4 Å². The van der Waals surface area contributed by atoms with Crippen LogP contribution < -0.4 is 0 Å². The van der Waals surface area contributed by atoms with Crippen LogP contribution in [-0.4, -0.2) is 50.7 Å². The smallest absolute Gasteiger partial charge is 0.303 e. The third kappa shape index (κ3) is 14.5. The summed E-state index contributed by atoms with van der Waals surface area (Å²) in [7, 11) is 5.33. The Balaban J connectivity index is 3.99. The SMILES string of the molecule is CCCCCCC(CC(CCCC(CCCCC(=O)O)OC)OC)OC. The van der Waals surface area contributed by atoms with Crippen molar-refractivity contribution in [1.82, 2.24) is 0 Å². The summed E-state index contributed by atoms with van der Waals surface area (Å²) in [6.45, 7) is 2.23. The Labute approximate surface area is 160 Å². The van der Waals surface area contributed by atoms with Gasteiger partial charge in [0.05, 0.1) is 18.3 Å². The van der Waals surface area contributed by atoms with Crippen molar-refractivity contribution in [2.75, 3.05) is 21.3 Å². The van der Waals surface area contributed by atoms with Crippen LogP contribution in [0.15, 0.2) is 0 Å². The van der Waals surface area contributed by atoms with Gasteiger partial charge in [0.15, 0.2) is 0 Å². The number of carboxylic acid groups (broad SMARTS) is 1. The first kappa shape index (κ1) is 25.4. The van der Waals surface area contributed by atoms with E-state index in [1.165, 1.54) is 25.7 Å². The highest BCUT2D eigenvalue weighted by Crippen LogP contribution is 2.19. The topological polar surface area (TPSA) is 65.0 Å². The van der Waals surface area contributed by atoms with Gasteiger partial charge in [-0.1, -0.05) is 39.0 Å². The van der Waals surface area contributed by atoms with Crippen LogP contribution in [-0.2, 0) is 19.0 Å². The first-order chi connectivity index (χ1) is 12.6. The second-order valence-electron chi connectivity index (χ2n) is 7.23. The van der Waals surface area contributed by atoms with Crippen molar-refractivity contribution < 1.29 is 24.1 Å². The van der Waals surface area contributed by atoms with Crippen LogP contribution >= 0.6 is 0 Å². The Kier molecular flexibility index (Phi) is 17.3. The molecule has 0 aliphatic rings. The first-order valence-corrected chi connectivity index (χ1v) is 10.4. The summed E-state index contributed by atoms with van der Waals surface area (Å²) in [6.07, 6.45) is 13.7. The molecule has 0 aromatic carbocycles. The highest BCUT2D eigenvalue weighted by Gasteiger charge is 2.17. The number of hydrogen-bond acceptors (Lipinski definition) is 4. The number of rotatable bonds is 19. The molecule has 0 aliphatic heterocycles. The molecule has 1 N–H and O–H groups in total. The quantitative estimate of drug-likeness (QED) is 0.315. The lowest BCUT2D eigenvalue weighted by atomic mass is 9.99. The van der Waals surface area contributed by atoms with Crippen LogP contribution in [0, 0.1) is 0 Å². The van der Waals surface area contributed by atoms with Gasteiger partial charge in [-0.3, -0.25) is 4.79 Å². The minimum absolute atomic E-state index is 0.216. The average molecular weight is 375 g/mol. The molecule has 0 saturated carbocycles. The molecule has 0 heterocycles. The highest BCUT2D eigenvalue weighted by atomic mass is 16.5. The molecule has 3 atom stereocenters. The molecule has 0 aromatic rings. The van der Waals surface area contributed by atoms with Crippen molar-refractivity contribution >= 4 is 5.97 Å². The molecule has 0 spiro atoms. The predicted octanol–water partition coefficient (Wildman–Crippen LogP) is 5.21. The minimum atomic E-state index is -0.718. The van der Waals surface area contributed by atoms with Gasteiger partial charge >= 0.3 is 5.97 Å². The Morgan fingerprint density at radius 3 is 1.77 bits per heavy atom. The first-order valence-electron chi connectivity index (χ1n) is 10.4. The maximum atomic E-state index is 10.5. The zero-order chi connectivity index (χ0) is 19.6. The summed E-state index contributed by atoms with van der Waals surface area (Å²) in [4.78, 5) is 10.5. The Morgan fingerprint density at radius 1 is 0.731 bits per heavy atom. The number of hydrogen-bond donors (Lipinski definition) is 1. The maximum Gasteiger partial charge on any atom is 0.303 e. The summed E-state index contributed by atoms with van der Waals surface area (Å²) in [5, 5.41) is 8.68. The third-order valence-corrected chi connectivity index (χ3v) is 5.12. The fraction of sp³-hybridized carbons (Fsp3) is 0.952. The number of carboxylic acids is 1. The molecule has 0 saturated heterocycles. The van der Waals surface area contributed by atoms with Crippen molar-refractivity contribution in [1.29, 1.82) is 0 Å². The van der Waals surface area contributed by atoms with Gasteiger partial charge in [-0.25, -0.2) is 0 Å². The third-order valence-electron chi connectivity index (χ3n) is 5.12. The van der Waals surface area contributed by atoms with E-state index in [0.29, 0.717) is 0 Å². The van der Waals surface area contributed by atoms with E-state index in [1.807, 2.05) is 0 Å². The number of carbonyl (C=O) groups is 1. The maximum absolute atomic E-state index is 10.5. The van der Waals surface area contributed by atoms with E-state index in [2.05, 4.69) is 6.92 Å². The zero-order valence-corrected chi connectivity index (χ0v) is 17.5. The summed E-state index contributed by atoms with van der Waals surface area (Å²) < 4.78 is 16.8. The molecule has 0 radical (unpaired) electrons. The molecule has 0 aliphatic carbocycles. The van der Waals surface area contributed by atoms with Crippen LogP contribution in [0.25, 0.3) is 0 Å². The number of aliphatic carboxylic acids is 1. The molecule has 3 unspecified atom stereocenters.